The normalized spacial score (nSPS) is 38.9. The number of aliphatic hydroxyl groups is 1. The van der Waals surface area contributed by atoms with Crippen molar-refractivity contribution in [3.8, 4) is 0 Å². The summed E-state index contributed by atoms with van der Waals surface area (Å²) in [5.41, 5.74) is 0.648. The van der Waals surface area contributed by atoms with Gasteiger partial charge in [0.2, 0.25) is 5.91 Å². The van der Waals surface area contributed by atoms with Crippen LogP contribution >= 0.6 is 0 Å². The zero-order chi connectivity index (χ0) is 23.4. The number of hydrogen-bond donors (Lipinski definition) is 2. The van der Waals surface area contributed by atoms with Crippen LogP contribution in [-0.2, 0) is 4.79 Å². The Labute approximate surface area is 200 Å². The van der Waals surface area contributed by atoms with E-state index in [-0.39, 0.29) is 53.1 Å². The van der Waals surface area contributed by atoms with Crippen molar-refractivity contribution in [1.82, 2.24) is 15.1 Å². The number of carbonyl (C=O) groups is 2. The summed E-state index contributed by atoms with van der Waals surface area (Å²) in [6, 6.07) is 6.74. The number of rotatable bonds is 3. The van der Waals surface area contributed by atoms with Gasteiger partial charge in [-0.15, -0.1) is 0 Å². The van der Waals surface area contributed by atoms with Crippen LogP contribution in [-0.4, -0.2) is 65.2 Å². The lowest BCUT2D eigenvalue weighted by atomic mass is 9.48. The predicted octanol–water partition coefficient (Wildman–Crippen LogP) is 3.50. The number of carbonyl (C=O) groups excluding carboxylic acids is 2. The number of urea groups is 1. The molecule has 2 saturated heterocycles. The van der Waals surface area contributed by atoms with E-state index < -0.39 is 0 Å². The molecule has 7 rings (SSSR count). The number of aliphatic hydroxyl groups excluding tert-OH is 1. The van der Waals surface area contributed by atoms with Gasteiger partial charge in [0.15, 0.2) is 0 Å². The van der Waals surface area contributed by atoms with Crippen molar-refractivity contribution in [2.24, 2.45) is 23.2 Å². The van der Waals surface area contributed by atoms with E-state index in [1.165, 1.54) is 6.07 Å². The first-order valence-corrected chi connectivity index (χ1v) is 13.2. The molecule has 2 heterocycles. The second kappa shape index (κ2) is 8.51. The Balaban J connectivity index is 1.06. The van der Waals surface area contributed by atoms with Crippen LogP contribution in [0.15, 0.2) is 24.3 Å². The summed E-state index contributed by atoms with van der Waals surface area (Å²) in [6.45, 7) is 2.57. The van der Waals surface area contributed by atoms with E-state index in [9.17, 15) is 19.1 Å². The fraction of sp³-hybridized carbons (Fsp3) is 0.704. The molecule has 1 aromatic rings. The van der Waals surface area contributed by atoms with E-state index in [0.29, 0.717) is 25.6 Å². The van der Waals surface area contributed by atoms with Crippen molar-refractivity contribution >= 4 is 11.9 Å². The van der Waals surface area contributed by atoms with E-state index in [1.807, 2.05) is 15.9 Å². The molecule has 2 N–H and O–H groups in total. The zero-order valence-electron chi connectivity index (χ0n) is 19.8. The van der Waals surface area contributed by atoms with E-state index in [2.05, 4.69) is 5.32 Å². The third kappa shape index (κ3) is 3.90. The molecule has 4 unspecified atom stereocenters. The summed E-state index contributed by atoms with van der Waals surface area (Å²) in [5, 5.41) is 13.9. The van der Waals surface area contributed by atoms with Crippen molar-refractivity contribution in [3.05, 3.63) is 35.6 Å². The highest BCUT2D eigenvalue weighted by Crippen LogP contribution is 2.60. The van der Waals surface area contributed by atoms with E-state index >= 15 is 0 Å². The van der Waals surface area contributed by atoms with Crippen LogP contribution in [0.2, 0.25) is 0 Å². The van der Waals surface area contributed by atoms with Crippen LogP contribution in [0.1, 0.15) is 62.8 Å². The molecule has 6 fully saturated rings. The fourth-order valence-electron chi connectivity index (χ4n) is 8.05. The number of nitrogens with one attached hydrogen (secondary N) is 1. The van der Waals surface area contributed by atoms with Gasteiger partial charge >= 0.3 is 6.03 Å². The van der Waals surface area contributed by atoms with Crippen LogP contribution in [0.5, 0.6) is 0 Å². The Hall–Kier alpha value is -2.15. The topological polar surface area (TPSA) is 72.9 Å². The Morgan fingerprint density at radius 1 is 1.03 bits per heavy atom. The molecular weight excluding hydrogens is 433 g/mol. The number of nitrogens with zero attached hydrogens (tertiary/aromatic N) is 2. The molecule has 4 atom stereocenters. The van der Waals surface area contributed by atoms with Gasteiger partial charge in [0.1, 0.15) is 5.82 Å². The van der Waals surface area contributed by atoms with Gasteiger partial charge < -0.3 is 20.2 Å². The lowest BCUT2D eigenvalue weighted by Gasteiger charge is -2.58. The molecule has 2 aliphatic heterocycles. The highest BCUT2D eigenvalue weighted by molar-refractivity contribution is 5.83. The number of amides is 3. The summed E-state index contributed by atoms with van der Waals surface area (Å²) < 4.78 is 13.6. The Morgan fingerprint density at radius 2 is 1.79 bits per heavy atom. The number of piperidine rings is 1. The maximum Gasteiger partial charge on any atom is 0.320 e. The van der Waals surface area contributed by atoms with Crippen molar-refractivity contribution in [1.29, 1.82) is 0 Å². The zero-order valence-corrected chi connectivity index (χ0v) is 19.8. The molecule has 0 aromatic heterocycles. The van der Waals surface area contributed by atoms with Gasteiger partial charge in [0, 0.05) is 38.1 Å². The first kappa shape index (κ1) is 22.3. The number of benzene rings is 1. The van der Waals surface area contributed by atoms with Crippen LogP contribution in [0, 0.1) is 29.0 Å². The van der Waals surface area contributed by atoms with E-state index in [1.54, 1.807) is 12.1 Å². The monoisotopic (exact) mass is 469 g/mol. The third-order valence-corrected chi connectivity index (χ3v) is 9.51. The molecule has 4 saturated carbocycles. The summed E-state index contributed by atoms with van der Waals surface area (Å²) in [4.78, 5) is 30.5. The molecule has 1 aromatic carbocycles. The van der Waals surface area contributed by atoms with Crippen LogP contribution in [0.4, 0.5) is 9.18 Å². The van der Waals surface area contributed by atoms with Gasteiger partial charge in [0.25, 0.3) is 0 Å². The summed E-state index contributed by atoms with van der Waals surface area (Å²) in [7, 11) is 0. The lowest BCUT2D eigenvalue weighted by Crippen LogP contribution is -2.61. The van der Waals surface area contributed by atoms with Gasteiger partial charge in [-0.2, -0.15) is 0 Å². The van der Waals surface area contributed by atoms with Gasteiger partial charge in [-0.1, -0.05) is 12.1 Å². The average Bonchev–Trinajstić information content (AvgIpc) is 3.32. The Bertz CT molecular complexity index is 954. The molecule has 3 amide bonds. The highest BCUT2D eigenvalue weighted by Gasteiger charge is 2.58. The molecule has 4 aliphatic carbocycles. The van der Waals surface area contributed by atoms with Crippen LogP contribution in [0.25, 0.3) is 0 Å². The molecule has 6 nitrogen and oxygen atoms in total. The molecule has 184 valence electrons. The van der Waals surface area contributed by atoms with Gasteiger partial charge in [-0.05, 0) is 86.8 Å². The van der Waals surface area contributed by atoms with Crippen molar-refractivity contribution in [2.45, 2.75) is 69.4 Å². The van der Waals surface area contributed by atoms with Crippen molar-refractivity contribution in [3.63, 3.8) is 0 Å². The number of hydrogen-bond acceptors (Lipinski definition) is 3. The quantitative estimate of drug-likeness (QED) is 0.712. The number of likely N-dealkylation sites (tertiary alicyclic amines) is 2. The molecule has 0 radical (unpaired) electrons. The Morgan fingerprint density at radius 3 is 2.56 bits per heavy atom. The van der Waals surface area contributed by atoms with Crippen molar-refractivity contribution < 1.29 is 19.1 Å². The maximum absolute atomic E-state index is 13.6. The molecule has 34 heavy (non-hydrogen) atoms. The molecule has 4 bridgehead atoms. The second-order valence-corrected chi connectivity index (χ2v) is 11.8. The molecule has 0 spiro atoms. The second-order valence-electron chi connectivity index (χ2n) is 11.8. The molecule has 7 heteroatoms. The predicted molar refractivity (Wildman–Crippen MR) is 125 cm³/mol. The molecule has 6 aliphatic rings. The minimum absolute atomic E-state index is 0.00949. The van der Waals surface area contributed by atoms with Crippen LogP contribution < -0.4 is 5.32 Å². The summed E-state index contributed by atoms with van der Waals surface area (Å²) in [5.74, 6) is 1.24. The number of halogens is 1. The third-order valence-electron chi connectivity index (χ3n) is 9.51. The lowest BCUT2D eigenvalue weighted by molar-refractivity contribution is -0.163. The van der Waals surface area contributed by atoms with Crippen LogP contribution in [0.3, 0.4) is 0 Å². The largest absolute Gasteiger partial charge is 0.393 e. The van der Waals surface area contributed by atoms with Gasteiger partial charge in [-0.25, -0.2) is 9.18 Å². The smallest absolute Gasteiger partial charge is 0.320 e. The maximum atomic E-state index is 13.6. The average molecular weight is 470 g/mol. The summed E-state index contributed by atoms with van der Waals surface area (Å²) >= 11 is 0. The fourth-order valence-corrected chi connectivity index (χ4v) is 8.05. The SMILES string of the molecule is O=C(N1CCCC(NC(=O)C23CC4CC(C2)C(O)C(C4)C3)C1)N1CCC(c2cccc(F)c2)C1. The standard InChI is InChI=1S/C27H36FN3O3/c28-22-4-1-3-18(11-22)19-6-8-31(15-19)26(34)30-7-2-5-23(16-30)29-25(33)27-12-17-9-20(13-27)24(32)21(10-17)14-27/h1,3-4,11,17,19-21,23-24,32H,2,5-10,12-16H2,(H,29,33). The first-order valence-electron chi connectivity index (χ1n) is 13.2. The Kier molecular flexibility index (Phi) is 5.58. The minimum atomic E-state index is -0.310. The molecular formula is C27H36FN3O3. The van der Waals surface area contributed by atoms with E-state index in [0.717, 1.165) is 63.5 Å². The highest BCUT2D eigenvalue weighted by atomic mass is 19.1. The van der Waals surface area contributed by atoms with E-state index in [4.69, 9.17) is 0 Å². The van der Waals surface area contributed by atoms with Gasteiger partial charge in [0.05, 0.1) is 11.5 Å². The summed E-state index contributed by atoms with van der Waals surface area (Å²) in [6.07, 6.45) is 7.15. The first-order chi connectivity index (χ1) is 16.4. The van der Waals surface area contributed by atoms with Gasteiger partial charge in [-0.3, -0.25) is 4.79 Å². The minimum Gasteiger partial charge on any atom is -0.393 e. The van der Waals surface area contributed by atoms with Crippen molar-refractivity contribution in [2.75, 3.05) is 26.2 Å².